The van der Waals surface area contributed by atoms with Crippen LogP contribution in [-0.4, -0.2) is 44.7 Å². The first kappa shape index (κ1) is 19.9. The Morgan fingerprint density at radius 2 is 1.90 bits per heavy atom. The molecule has 1 aliphatic carbocycles. The van der Waals surface area contributed by atoms with Gasteiger partial charge in [-0.15, -0.1) is 0 Å². The second-order valence-corrected chi connectivity index (χ2v) is 8.65. The van der Waals surface area contributed by atoms with Crippen molar-refractivity contribution in [2.75, 3.05) is 13.1 Å². The van der Waals surface area contributed by atoms with Gasteiger partial charge in [-0.25, -0.2) is 9.37 Å². The number of aromatic nitrogens is 2. The van der Waals surface area contributed by atoms with Gasteiger partial charge in [0, 0.05) is 25.4 Å². The summed E-state index contributed by atoms with van der Waals surface area (Å²) in [5.74, 6) is -0.236. The second-order valence-electron chi connectivity index (χ2n) is 8.65. The molecule has 3 heterocycles. The molecule has 1 saturated heterocycles. The summed E-state index contributed by atoms with van der Waals surface area (Å²) in [6.07, 6.45) is 4.78. The molecular weight excluding hydrogens is 399 g/mol. The zero-order valence-electron chi connectivity index (χ0n) is 17.3. The maximum Gasteiger partial charge on any atom is 0.257 e. The standard InChI is InChI=1S/C23H25FN4O3/c24-17-6-2-1-5-15(17)23(31)28-11-4-3-7-19(28)20-25-18-10-12-27(22(30)14-8-9-14)13-16(18)21(29)26-20/h1-2,5-6,14,19H,3-4,7-13H2,(H,25,26,29). The van der Waals surface area contributed by atoms with Crippen LogP contribution in [0.5, 0.6) is 0 Å². The summed E-state index contributed by atoms with van der Waals surface area (Å²) >= 11 is 0. The predicted octanol–water partition coefficient (Wildman–Crippen LogP) is 2.57. The molecule has 0 bridgehead atoms. The Balaban J connectivity index is 1.43. The van der Waals surface area contributed by atoms with E-state index in [1.807, 2.05) is 0 Å². The molecule has 8 heteroatoms. The van der Waals surface area contributed by atoms with Crippen molar-refractivity contribution in [1.82, 2.24) is 19.8 Å². The van der Waals surface area contributed by atoms with Crippen LogP contribution in [0.1, 0.15) is 65.6 Å². The van der Waals surface area contributed by atoms with Crippen molar-refractivity contribution < 1.29 is 14.0 Å². The van der Waals surface area contributed by atoms with E-state index in [2.05, 4.69) is 4.98 Å². The number of likely N-dealkylation sites (tertiary alicyclic amines) is 1. The van der Waals surface area contributed by atoms with E-state index < -0.39 is 11.9 Å². The summed E-state index contributed by atoms with van der Waals surface area (Å²) in [6, 6.07) is 5.56. The van der Waals surface area contributed by atoms with Gasteiger partial charge in [-0.1, -0.05) is 12.1 Å². The van der Waals surface area contributed by atoms with Gasteiger partial charge in [-0.2, -0.15) is 0 Å². The number of halogens is 1. The molecule has 2 fully saturated rings. The third kappa shape index (κ3) is 3.75. The summed E-state index contributed by atoms with van der Waals surface area (Å²) in [6.45, 7) is 1.33. The molecule has 1 atom stereocenters. The molecule has 0 spiro atoms. The summed E-state index contributed by atoms with van der Waals surface area (Å²) in [4.78, 5) is 49.3. The van der Waals surface area contributed by atoms with Gasteiger partial charge in [0.1, 0.15) is 11.6 Å². The quantitative estimate of drug-likeness (QED) is 0.821. The highest BCUT2D eigenvalue weighted by molar-refractivity contribution is 5.94. The Labute approximate surface area is 179 Å². The summed E-state index contributed by atoms with van der Waals surface area (Å²) in [5.41, 5.74) is 1.01. The summed E-state index contributed by atoms with van der Waals surface area (Å²) < 4.78 is 14.2. The average molecular weight is 424 g/mol. The highest BCUT2D eigenvalue weighted by Crippen LogP contribution is 2.33. The van der Waals surface area contributed by atoms with E-state index in [1.165, 1.54) is 12.1 Å². The Bertz CT molecular complexity index is 1090. The number of hydrogen-bond donors (Lipinski definition) is 1. The molecule has 2 aliphatic heterocycles. The number of H-pyrrole nitrogens is 1. The Hall–Kier alpha value is -3.03. The van der Waals surface area contributed by atoms with Crippen molar-refractivity contribution in [3.63, 3.8) is 0 Å². The maximum absolute atomic E-state index is 14.2. The molecule has 1 saturated carbocycles. The lowest BCUT2D eigenvalue weighted by atomic mass is 9.99. The zero-order valence-corrected chi connectivity index (χ0v) is 17.3. The topological polar surface area (TPSA) is 86.4 Å². The molecule has 31 heavy (non-hydrogen) atoms. The van der Waals surface area contributed by atoms with Crippen LogP contribution < -0.4 is 5.56 Å². The molecule has 1 N–H and O–H groups in total. The van der Waals surface area contributed by atoms with Crippen molar-refractivity contribution in [2.45, 2.75) is 51.1 Å². The van der Waals surface area contributed by atoms with Crippen molar-refractivity contribution >= 4 is 11.8 Å². The lowest BCUT2D eigenvalue weighted by Crippen LogP contribution is -2.43. The Kier molecular flexibility index (Phi) is 5.08. The van der Waals surface area contributed by atoms with Gasteiger partial charge in [0.2, 0.25) is 5.91 Å². The maximum atomic E-state index is 14.2. The molecule has 1 aromatic heterocycles. The first-order valence-electron chi connectivity index (χ1n) is 11.0. The minimum atomic E-state index is -0.552. The molecule has 2 amide bonds. The molecular formula is C23H25FN4O3. The van der Waals surface area contributed by atoms with Gasteiger partial charge in [0.05, 0.1) is 29.4 Å². The fourth-order valence-electron chi connectivity index (χ4n) is 4.63. The number of piperidine rings is 1. The number of rotatable bonds is 3. The SMILES string of the molecule is O=C(C1CC1)N1CCc2nc(C3CCCCN3C(=O)c3ccccc3F)[nH]c(=O)c2C1. The molecule has 5 rings (SSSR count). The summed E-state index contributed by atoms with van der Waals surface area (Å²) in [5, 5.41) is 0. The average Bonchev–Trinajstić information content (AvgIpc) is 3.64. The minimum absolute atomic E-state index is 0.0314. The van der Waals surface area contributed by atoms with Gasteiger partial charge < -0.3 is 14.8 Å². The van der Waals surface area contributed by atoms with Crippen molar-refractivity contribution in [2.24, 2.45) is 5.92 Å². The first-order chi connectivity index (χ1) is 15.0. The van der Waals surface area contributed by atoms with Gasteiger partial charge in [-0.05, 0) is 44.2 Å². The van der Waals surface area contributed by atoms with Crippen molar-refractivity contribution in [3.05, 3.63) is 63.1 Å². The van der Waals surface area contributed by atoms with E-state index in [-0.39, 0.29) is 35.4 Å². The van der Waals surface area contributed by atoms with Gasteiger partial charge >= 0.3 is 0 Å². The number of amides is 2. The second kappa shape index (κ2) is 7.90. The van der Waals surface area contributed by atoms with Crippen LogP contribution in [0, 0.1) is 11.7 Å². The largest absolute Gasteiger partial charge is 0.337 e. The lowest BCUT2D eigenvalue weighted by Gasteiger charge is -2.36. The zero-order chi connectivity index (χ0) is 21.5. The Morgan fingerprint density at radius 3 is 2.68 bits per heavy atom. The van der Waals surface area contributed by atoms with Gasteiger partial charge in [-0.3, -0.25) is 14.4 Å². The molecule has 2 aromatic rings. The normalized spacial score (nSPS) is 21.0. The fourth-order valence-corrected chi connectivity index (χ4v) is 4.63. The van der Waals surface area contributed by atoms with Crippen LogP contribution in [0.15, 0.2) is 29.1 Å². The number of benzene rings is 1. The van der Waals surface area contributed by atoms with E-state index in [1.54, 1.807) is 21.9 Å². The van der Waals surface area contributed by atoms with E-state index in [0.717, 1.165) is 25.7 Å². The van der Waals surface area contributed by atoms with Crippen LogP contribution in [-0.2, 0) is 17.8 Å². The number of hydrogen-bond acceptors (Lipinski definition) is 4. The molecule has 1 aromatic carbocycles. The van der Waals surface area contributed by atoms with Crippen LogP contribution in [0.3, 0.4) is 0 Å². The van der Waals surface area contributed by atoms with Crippen LogP contribution in [0.25, 0.3) is 0 Å². The van der Waals surface area contributed by atoms with E-state index >= 15 is 0 Å². The van der Waals surface area contributed by atoms with Crippen molar-refractivity contribution in [3.8, 4) is 0 Å². The van der Waals surface area contributed by atoms with E-state index in [9.17, 15) is 18.8 Å². The molecule has 0 radical (unpaired) electrons. The van der Waals surface area contributed by atoms with E-state index in [4.69, 9.17) is 4.98 Å². The first-order valence-corrected chi connectivity index (χ1v) is 11.0. The monoisotopic (exact) mass is 424 g/mol. The molecule has 3 aliphatic rings. The number of aromatic amines is 1. The van der Waals surface area contributed by atoms with Crippen molar-refractivity contribution in [1.29, 1.82) is 0 Å². The number of nitrogens with zero attached hydrogens (tertiary/aromatic N) is 3. The van der Waals surface area contributed by atoms with Crippen LogP contribution in [0.4, 0.5) is 4.39 Å². The smallest absolute Gasteiger partial charge is 0.257 e. The number of carbonyl (C=O) groups is 2. The van der Waals surface area contributed by atoms with Gasteiger partial charge in [0.25, 0.3) is 11.5 Å². The lowest BCUT2D eigenvalue weighted by molar-refractivity contribution is -0.133. The number of carbonyl (C=O) groups excluding carboxylic acids is 2. The third-order valence-electron chi connectivity index (χ3n) is 6.51. The third-order valence-corrected chi connectivity index (χ3v) is 6.51. The Morgan fingerprint density at radius 1 is 1.10 bits per heavy atom. The minimum Gasteiger partial charge on any atom is -0.337 e. The van der Waals surface area contributed by atoms with E-state index in [0.29, 0.717) is 43.0 Å². The molecule has 1 unspecified atom stereocenters. The fraction of sp³-hybridized carbons (Fsp3) is 0.478. The molecule has 7 nitrogen and oxygen atoms in total. The number of fused-ring (bicyclic) bond motifs is 1. The van der Waals surface area contributed by atoms with Gasteiger partial charge in [0.15, 0.2) is 0 Å². The van der Waals surface area contributed by atoms with Crippen LogP contribution in [0.2, 0.25) is 0 Å². The summed E-state index contributed by atoms with van der Waals surface area (Å²) in [7, 11) is 0. The number of nitrogens with one attached hydrogen (secondary N) is 1. The molecule has 162 valence electrons. The highest BCUT2D eigenvalue weighted by atomic mass is 19.1. The van der Waals surface area contributed by atoms with Crippen LogP contribution >= 0.6 is 0 Å². The highest BCUT2D eigenvalue weighted by Gasteiger charge is 2.36. The predicted molar refractivity (Wildman–Crippen MR) is 111 cm³/mol.